The van der Waals surface area contributed by atoms with Gasteiger partial charge in [0.1, 0.15) is 17.3 Å². The highest BCUT2D eigenvalue weighted by Gasteiger charge is 2.19. The van der Waals surface area contributed by atoms with Gasteiger partial charge in [0.25, 0.3) is 11.6 Å². The zero-order chi connectivity index (χ0) is 14.0. The third-order valence-electron chi connectivity index (χ3n) is 2.20. The van der Waals surface area contributed by atoms with Gasteiger partial charge in [0.2, 0.25) is 5.82 Å². The normalized spacial score (nSPS) is 10.2. The fourth-order valence-corrected chi connectivity index (χ4v) is 1.38. The maximum atomic E-state index is 12.9. The second kappa shape index (κ2) is 4.80. The van der Waals surface area contributed by atoms with Crippen LogP contribution in [-0.4, -0.2) is 26.0 Å². The predicted octanol–water partition coefficient (Wildman–Crippen LogP) is 1.41. The van der Waals surface area contributed by atoms with E-state index in [9.17, 15) is 19.3 Å². The number of nitrogens with one attached hydrogen (secondary N) is 2. The minimum Gasteiger partial charge on any atom is -0.313 e. The van der Waals surface area contributed by atoms with Crippen LogP contribution < -0.4 is 5.32 Å². The summed E-state index contributed by atoms with van der Waals surface area (Å²) in [5.41, 5.74) is -0.667. The average Bonchev–Trinajstić information content (AvgIpc) is 2.78. The summed E-state index contributed by atoms with van der Waals surface area (Å²) in [6.07, 6.45) is 0. The van der Waals surface area contributed by atoms with Crippen molar-refractivity contribution in [2.45, 2.75) is 6.92 Å². The number of aromatic amines is 1. The standard InChI is InChI=1S/C10H8FN5O3/c1-5-12-9(15-14-5)10(17)13-7-3-2-6(11)4-8(7)16(18)19/h2-4H,1H3,(H,13,17)(H,12,14,15). The summed E-state index contributed by atoms with van der Waals surface area (Å²) in [5, 5.41) is 19.1. The van der Waals surface area contributed by atoms with Gasteiger partial charge in [-0.25, -0.2) is 9.37 Å². The Morgan fingerprint density at radius 2 is 2.26 bits per heavy atom. The molecule has 9 heteroatoms. The Morgan fingerprint density at radius 1 is 1.53 bits per heavy atom. The zero-order valence-electron chi connectivity index (χ0n) is 9.68. The lowest BCUT2D eigenvalue weighted by Crippen LogP contribution is -2.15. The maximum absolute atomic E-state index is 12.9. The molecule has 0 aliphatic heterocycles. The zero-order valence-corrected chi connectivity index (χ0v) is 9.68. The van der Waals surface area contributed by atoms with Crippen molar-refractivity contribution in [2.75, 3.05) is 5.32 Å². The van der Waals surface area contributed by atoms with E-state index in [0.29, 0.717) is 5.82 Å². The van der Waals surface area contributed by atoms with Crippen LogP contribution >= 0.6 is 0 Å². The number of anilines is 1. The first-order valence-electron chi connectivity index (χ1n) is 5.11. The van der Waals surface area contributed by atoms with E-state index in [1.807, 2.05) is 0 Å². The Balaban J connectivity index is 2.28. The first-order valence-corrected chi connectivity index (χ1v) is 5.11. The molecule has 98 valence electrons. The van der Waals surface area contributed by atoms with Crippen LogP contribution in [0.25, 0.3) is 0 Å². The Hall–Kier alpha value is -2.84. The molecule has 1 aromatic heterocycles. The van der Waals surface area contributed by atoms with E-state index in [2.05, 4.69) is 20.5 Å². The lowest BCUT2D eigenvalue weighted by Gasteiger charge is -2.03. The quantitative estimate of drug-likeness (QED) is 0.643. The average molecular weight is 265 g/mol. The van der Waals surface area contributed by atoms with Crippen LogP contribution in [0.15, 0.2) is 18.2 Å². The molecule has 0 bridgehead atoms. The molecule has 1 heterocycles. The van der Waals surface area contributed by atoms with Crippen molar-refractivity contribution in [1.82, 2.24) is 15.2 Å². The van der Waals surface area contributed by atoms with E-state index >= 15 is 0 Å². The molecule has 0 saturated heterocycles. The minimum atomic E-state index is -0.790. The van der Waals surface area contributed by atoms with E-state index in [0.717, 1.165) is 18.2 Å². The van der Waals surface area contributed by atoms with Crippen LogP contribution in [0, 0.1) is 22.9 Å². The third kappa shape index (κ3) is 2.70. The topological polar surface area (TPSA) is 114 Å². The molecule has 0 fully saturated rings. The molecule has 8 nitrogen and oxygen atoms in total. The van der Waals surface area contributed by atoms with Crippen LogP contribution in [0.4, 0.5) is 15.8 Å². The van der Waals surface area contributed by atoms with Gasteiger partial charge in [0.05, 0.1) is 11.0 Å². The molecular formula is C10H8FN5O3. The second-order valence-electron chi connectivity index (χ2n) is 3.62. The highest BCUT2D eigenvalue weighted by atomic mass is 19.1. The first kappa shape index (κ1) is 12.6. The number of hydrogen-bond acceptors (Lipinski definition) is 5. The lowest BCUT2D eigenvalue weighted by molar-refractivity contribution is -0.384. The smallest absolute Gasteiger partial charge is 0.295 e. The van der Waals surface area contributed by atoms with Gasteiger partial charge in [-0.1, -0.05) is 0 Å². The Kier molecular flexibility index (Phi) is 3.19. The van der Waals surface area contributed by atoms with E-state index in [4.69, 9.17) is 0 Å². The number of carbonyl (C=O) groups is 1. The molecule has 1 aromatic carbocycles. The molecule has 19 heavy (non-hydrogen) atoms. The van der Waals surface area contributed by atoms with Gasteiger partial charge < -0.3 is 5.32 Å². The van der Waals surface area contributed by atoms with Gasteiger partial charge in [-0.3, -0.25) is 20.0 Å². The summed E-state index contributed by atoms with van der Waals surface area (Å²) in [5.74, 6) is -1.22. The number of hydrogen-bond donors (Lipinski definition) is 2. The molecule has 2 aromatic rings. The summed E-state index contributed by atoms with van der Waals surface area (Å²) in [6.45, 7) is 1.60. The summed E-state index contributed by atoms with van der Waals surface area (Å²) < 4.78 is 12.9. The van der Waals surface area contributed by atoms with Crippen molar-refractivity contribution in [2.24, 2.45) is 0 Å². The van der Waals surface area contributed by atoms with Crippen molar-refractivity contribution in [3.63, 3.8) is 0 Å². The highest BCUT2D eigenvalue weighted by Crippen LogP contribution is 2.25. The summed E-state index contributed by atoms with van der Waals surface area (Å²) in [7, 11) is 0. The van der Waals surface area contributed by atoms with Crippen molar-refractivity contribution in [3.8, 4) is 0 Å². The van der Waals surface area contributed by atoms with Crippen molar-refractivity contribution in [3.05, 3.63) is 45.8 Å². The van der Waals surface area contributed by atoms with Crippen molar-refractivity contribution >= 4 is 17.3 Å². The van der Waals surface area contributed by atoms with E-state index in [1.165, 1.54) is 0 Å². The Labute approximate surface area is 105 Å². The van der Waals surface area contributed by atoms with Crippen molar-refractivity contribution in [1.29, 1.82) is 0 Å². The third-order valence-corrected chi connectivity index (χ3v) is 2.20. The molecule has 0 spiro atoms. The Bertz CT molecular complexity index is 654. The number of halogens is 1. The van der Waals surface area contributed by atoms with Crippen LogP contribution in [0.2, 0.25) is 0 Å². The number of benzene rings is 1. The van der Waals surface area contributed by atoms with E-state index < -0.39 is 22.3 Å². The summed E-state index contributed by atoms with van der Waals surface area (Å²) in [6, 6.07) is 2.83. The largest absolute Gasteiger partial charge is 0.313 e. The molecule has 0 unspecified atom stereocenters. The van der Waals surface area contributed by atoms with Gasteiger partial charge in [-0.05, 0) is 19.1 Å². The van der Waals surface area contributed by atoms with Gasteiger partial charge in [0, 0.05) is 0 Å². The molecule has 2 N–H and O–H groups in total. The monoisotopic (exact) mass is 265 g/mol. The number of nitrogens with zero attached hydrogens (tertiary/aromatic N) is 3. The number of H-pyrrole nitrogens is 1. The molecular weight excluding hydrogens is 257 g/mol. The summed E-state index contributed by atoms with van der Waals surface area (Å²) in [4.78, 5) is 25.4. The predicted molar refractivity (Wildman–Crippen MR) is 62.1 cm³/mol. The number of aromatic nitrogens is 3. The van der Waals surface area contributed by atoms with Crippen LogP contribution in [-0.2, 0) is 0 Å². The van der Waals surface area contributed by atoms with Crippen LogP contribution in [0.5, 0.6) is 0 Å². The molecule has 0 saturated carbocycles. The van der Waals surface area contributed by atoms with Gasteiger partial charge in [-0.15, -0.1) is 5.10 Å². The highest BCUT2D eigenvalue weighted by molar-refractivity contribution is 6.02. The number of nitro benzene ring substituents is 1. The fourth-order valence-electron chi connectivity index (χ4n) is 1.38. The number of carbonyl (C=O) groups excluding carboxylic acids is 1. The first-order chi connectivity index (χ1) is 8.97. The molecule has 0 aliphatic rings. The molecule has 0 atom stereocenters. The molecule has 2 rings (SSSR count). The minimum absolute atomic E-state index is 0.126. The summed E-state index contributed by atoms with van der Waals surface area (Å²) >= 11 is 0. The molecule has 0 radical (unpaired) electrons. The number of amides is 1. The maximum Gasteiger partial charge on any atom is 0.295 e. The van der Waals surface area contributed by atoms with E-state index in [1.54, 1.807) is 6.92 Å². The SMILES string of the molecule is Cc1nc(C(=O)Nc2ccc(F)cc2[N+](=O)[O-])n[nH]1. The van der Waals surface area contributed by atoms with Crippen LogP contribution in [0.1, 0.15) is 16.4 Å². The van der Waals surface area contributed by atoms with Gasteiger partial charge in [0.15, 0.2) is 0 Å². The number of nitro groups is 1. The number of aryl methyl sites for hydroxylation is 1. The van der Waals surface area contributed by atoms with Crippen LogP contribution in [0.3, 0.4) is 0 Å². The second-order valence-corrected chi connectivity index (χ2v) is 3.62. The lowest BCUT2D eigenvalue weighted by atomic mass is 10.2. The molecule has 1 amide bonds. The van der Waals surface area contributed by atoms with Crippen molar-refractivity contribution < 1.29 is 14.1 Å². The fraction of sp³-hybridized carbons (Fsp3) is 0.100. The number of rotatable bonds is 3. The van der Waals surface area contributed by atoms with Gasteiger partial charge in [-0.2, -0.15) is 0 Å². The Morgan fingerprint density at radius 3 is 2.84 bits per heavy atom. The molecule has 0 aliphatic carbocycles. The van der Waals surface area contributed by atoms with E-state index in [-0.39, 0.29) is 11.5 Å². The van der Waals surface area contributed by atoms with Gasteiger partial charge >= 0.3 is 0 Å².